The lowest BCUT2D eigenvalue weighted by Gasteiger charge is -2.07. The van der Waals surface area contributed by atoms with Gasteiger partial charge in [-0.05, 0) is 13.0 Å². The largest absolute Gasteiger partial charge is 0.330 e. The zero-order chi connectivity index (χ0) is 12.1. The molecule has 0 unspecified atom stereocenters. The summed E-state index contributed by atoms with van der Waals surface area (Å²) in [4.78, 5) is 23.1. The smallest absolute Gasteiger partial charge is 0.312 e. The molecule has 0 amide bonds. The molecule has 1 rings (SSSR count). The van der Waals surface area contributed by atoms with Crippen molar-refractivity contribution in [3.63, 3.8) is 0 Å². The Morgan fingerprint density at radius 3 is 2.62 bits per heavy atom. The second kappa shape index (κ2) is 5.65. The quantitative estimate of drug-likeness (QED) is 0.716. The molecule has 90 valence electrons. The molecule has 1 heterocycles. The van der Waals surface area contributed by atoms with Gasteiger partial charge in [0.15, 0.2) is 0 Å². The Morgan fingerprint density at radius 2 is 2.00 bits per heavy atom. The van der Waals surface area contributed by atoms with E-state index >= 15 is 0 Å². The molecule has 0 saturated heterocycles. The van der Waals surface area contributed by atoms with Crippen LogP contribution in [0.2, 0.25) is 0 Å². The van der Waals surface area contributed by atoms with Gasteiger partial charge in [-0.25, -0.2) is 4.79 Å². The molecule has 0 aliphatic rings. The first kappa shape index (κ1) is 12.7. The topological polar surface area (TPSA) is 56.0 Å². The van der Waals surface area contributed by atoms with Gasteiger partial charge in [-0.2, -0.15) is 0 Å². The van der Waals surface area contributed by atoms with Gasteiger partial charge in [0.05, 0.1) is 0 Å². The zero-order valence-electron chi connectivity index (χ0n) is 10.1. The van der Waals surface area contributed by atoms with Gasteiger partial charge in [-0.15, -0.1) is 0 Å². The van der Waals surface area contributed by atoms with Crippen molar-refractivity contribution in [3.8, 4) is 0 Å². The van der Waals surface area contributed by atoms with Gasteiger partial charge < -0.3 is 9.88 Å². The minimum Gasteiger partial charge on any atom is -0.312 e. The van der Waals surface area contributed by atoms with Crippen LogP contribution >= 0.6 is 0 Å². The third kappa shape index (κ3) is 2.82. The monoisotopic (exact) mass is 225 g/mol. The van der Waals surface area contributed by atoms with E-state index in [1.54, 1.807) is 13.2 Å². The minimum atomic E-state index is -0.290. The average Bonchev–Trinajstić information content (AvgIpc) is 2.28. The summed E-state index contributed by atoms with van der Waals surface area (Å²) in [6.45, 7) is 3.52. The summed E-state index contributed by atoms with van der Waals surface area (Å²) < 4.78 is 2.56. The van der Waals surface area contributed by atoms with Crippen molar-refractivity contribution < 1.29 is 0 Å². The van der Waals surface area contributed by atoms with Crippen LogP contribution in [0.15, 0.2) is 15.8 Å². The summed E-state index contributed by atoms with van der Waals surface area (Å²) in [6.07, 6.45) is 3.81. The van der Waals surface area contributed by atoms with E-state index in [4.69, 9.17) is 0 Å². The van der Waals surface area contributed by atoms with Crippen LogP contribution in [-0.2, 0) is 20.6 Å². The van der Waals surface area contributed by atoms with Crippen molar-refractivity contribution in [1.82, 2.24) is 14.5 Å². The third-order valence-electron chi connectivity index (χ3n) is 2.54. The Labute approximate surface area is 94.7 Å². The molecule has 0 spiro atoms. The Kier molecular flexibility index (Phi) is 4.49. The molecule has 0 aliphatic heterocycles. The molecule has 1 aromatic heterocycles. The lowest BCUT2D eigenvalue weighted by molar-refractivity contribution is 0.611. The highest BCUT2D eigenvalue weighted by Gasteiger charge is 2.05. The van der Waals surface area contributed by atoms with Crippen LogP contribution in [0.1, 0.15) is 25.3 Å². The maximum Gasteiger partial charge on any atom is 0.330 e. The van der Waals surface area contributed by atoms with E-state index in [1.807, 2.05) is 0 Å². The van der Waals surface area contributed by atoms with Crippen molar-refractivity contribution >= 4 is 0 Å². The Balaban J connectivity index is 2.82. The third-order valence-corrected chi connectivity index (χ3v) is 2.54. The van der Waals surface area contributed by atoms with Crippen LogP contribution in [0, 0.1) is 0 Å². The molecular formula is C11H19N3O2. The molecule has 1 N–H and O–H groups in total. The molecule has 1 aromatic rings. The van der Waals surface area contributed by atoms with E-state index < -0.39 is 0 Å². The highest BCUT2D eigenvalue weighted by molar-refractivity contribution is 5.05. The molecule has 0 fully saturated rings. The molecule has 0 atom stereocenters. The van der Waals surface area contributed by atoms with E-state index in [0.717, 1.165) is 24.0 Å². The Hall–Kier alpha value is -1.36. The average molecular weight is 225 g/mol. The molecule has 5 nitrogen and oxygen atoms in total. The van der Waals surface area contributed by atoms with E-state index in [-0.39, 0.29) is 11.2 Å². The normalized spacial score (nSPS) is 10.7. The number of aromatic nitrogens is 2. The van der Waals surface area contributed by atoms with Crippen molar-refractivity contribution in [3.05, 3.63) is 32.6 Å². The van der Waals surface area contributed by atoms with Crippen molar-refractivity contribution in [2.75, 3.05) is 6.54 Å². The zero-order valence-corrected chi connectivity index (χ0v) is 10.1. The van der Waals surface area contributed by atoms with Gasteiger partial charge >= 0.3 is 5.69 Å². The first-order valence-electron chi connectivity index (χ1n) is 5.54. The van der Waals surface area contributed by atoms with Gasteiger partial charge in [-0.1, -0.05) is 13.3 Å². The van der Waals surface area contributed by atoms with Gasteiger partial charge in [0.1, 0.15) is 0 Å². The predicted octanol–water partition coefficient (Wildman–Crippen LogP) is -0.0263. The highest BCUT2D eigenvalue weighted by atomic mass is 16.2. The predicted molar refractivity (Wildman–Crippen MR) is 63.5 cm³/mol. The van der Waals surface area contributed by atoms with Gasteiger partial charge in [0.2, 0.25) is 0 Å². The number of nitrogens with one attached hydrogen (secondary N) is 1. The number of nitrogens with zero attached hydrogens (tertiary/aromatic N) is 2. The summed E-state index contributed by atoms with van der Waals surface area (Å²) in [5, 5.41) is 3.19. The molecule has 0 radical (unpaired) electrons. The summed E-state index contributed by atoms with van der Waals surface area (Å²) in [7, 11) is 3.15. The van der Waals surface area contributed by atoms with Gasteiger partial charge in [-0.3, -0.25) is 9.36 Å². The van der Waals surface area contributed by atoms with Crippen LogP contribution in [0.5, 0.6) is 0 Å². The molecule has 0 bridgehead atoms. The van der Waals surface area contributed by atoms with Crippen molar-refractivity contribution in [2.45, 2.75) is 26.3 Å². The van der Waals surface area contributed by atoms with E-state index in [9.17, 15) is 9.59 Å². The summed E-state index contributed by atoms with van der Waals surface area (Å²) in [6, 6.07) is 0. The first-order chi connectivity index (χ1) is 7.57. The van der Waals surface area contributed by atoms with Crippen molar-refractivity contribution in [1.29, 1.82) is 0 Å². The second-order valence-electron chi connectivity index (χ2n) is 3.94. The Bertz CT molecular complexity index is 459. The highest BCUT2D eigenvalue weighted by Crippen LogP contribution is 1.89. The number of hydrogen-bond donors (Lipinski definition) is 1. The first-order valence-corrected chi connectivity index (χ1v) is 5.54. The lowest BCUT2D eigenvalue weighted by Crippen LogP contribution is -2.39. The Morgan fingerprint density at radius 1 is 1.31 bits per heavy atom. The van der Waals surface area contributed by atoms with E-state index in [1.165, 1.54) is 11.6 Å². The fraction of sp³-hybridized carbons (Fsp3) is 0.636. The number of hydrogen-bond acceptors (Lipinski definition) is 3. The molecule has 0 aromatic carbocycles. The van der Waals surface area contributed by atoms with Crippen LogP contribution in [0.3, 0.4) is 0 Å². The SMILES string of the molecule is CCCCNCc1cn(C)c(=O)n(C)c1=O. The molecular weight excluding hydrogens is 206 g/mol. The number of unbranched alkanes of at least 4 members (excludes halogenated alkanes) is 1. The maximum absolute atomic E-state index is 11.7. The molecule has 0 saturated carbocycles. The standard InChI is InChI=1S/C11H19N3O2/c1-4-5-6-12-7-9-8-13(2)11(16)14(3)10(9)15/h8,12H,4-7H2,1-3H3. The van der Waals surface area contributed by atoms with E-state index in [2.05, 4.69) is 12.2 Å². The summed E-state index contributed by atoms with van der Waals surface area (Å²) >= 11 is 0. The van der Waals surface area contributed by atoms with Crippen LogP contribution in [0.25, 0.3) is 0 Å². The fourth-order valence-electron chi connectivity index (χ4n) is 1.53. The number of aryl methyl sites for hydroxylation is 1. The maximum atomic E-state index is 11.7. The second-order valence-corrected chi connectivity index (χ2v) is 3.94. The fourth-order valence-corrected chi connectivity index (χ4v) is 1.53. The van der Waals surface area contributed by atoms with Crippen LogP contribution in [0.4, 0.5) is 0 Å². The molecule has 16 heavy (non-hydrogen) atoms. The molecule has 5 heteroatoms. The minimum absolute atomic E-state index is 0.216. The number of rotatable bonds is 5. The van der Waals surface area contributed by atoms with Crippen LogP contribution in [-0.4, -0.2) is 15.7 Å². The van der Waals surface area contributed by atoms with Crippen molar-refractivity contribution in [2.24, 2.45) is 14.1 Å². The van der Waals surface area contributed by atoms with Crippen LogP contribution < -0.4 is 16.6 Å². The van der Waals surface area contributed by atoms with Gasteiger partial charge in [0.25, 0.3) is 5.56 Å². The summed E-state index contributed by atoms with van der Waals surface area (Å²) in [5.41, 5.74) is 0.120. The van der Waals surface area contributed by atoms with Gasteiger partial charge in [0, 0.05) is 32.4 Å². The lowest BCUT2D eigenvalue weighted by atomic mass is 10.3. The molecule has 0 aliphatic carbocycles. The summed E-state index contributed by atoms with van der Waals surface area (Å²) in [5.74, 6) is 0. The van der Waals surface area contributed by atoms with E-state index in [0.29, 0.717) is 12.1 Å².